The van der Waals surface area contributed by atoms with Crippen LogP contribution in [-0.4, -0.2) is 56.2 Å². The van der Waals surface area contributed by atoms with Crippen LogP contribution in [0.1, 0.15) is 52.2 Å². The van der Waals surface area contributed by atoms with Crippen molar-refractivity contribution < 1.29 is 33.0 Å². The minimum atomic E-state index is -2.12. The molecule has 2 bridgehead atoms. The summed E-state index contributed by atoms with van der Waals surface area (Å²) < 4.78 is 33.0. The molecule has 2 aromatic rings. The monoisotopic (exact) mass is 606 g/mol. The van der Waals surface area contributed by atoms with Gasteiger partial charge in [-0.25, -0.2) is 0 Å². The number of carbonyl (C=O) groups excluding carboxylic acids is 2. The summed E-state index contributed by atoms with van der Waals surface area (Å²) >= 11 is 0. The van der Waals surface area contributed by atoms with E-state index in [1.165, 1.54) is 6.92 Å². The molecule has 2 fully saturated rings. The van der Waals surface area contributed by atoms with Crippen molar-refractivity contribution in [1.82, 2.24) is 0 Å². The van der Waals surface area contributed by atoms with E-state index < -0.39 is 49.7 Å². The topological polar surface area (TPSA) is 80.3 Å². The Morgan fingerprint density at radius 2 is 1.49 bits per heavy atom. The second-order valence-corrected chi connectivity index (χ2v) is 18.7. The lowest BCUT2D eigenvalue weighted by Gasteiger charge is -2.52. The van der Waals surface area contributed by atoms with Gasteiger partial charge in [-0.2, -0.15) is 0 Å². The molecule has 8 heteroatoms. The Kier molecular flexibility index (Phi) is 8.91. The second-order valence-electron chi connectivity index (χ2n) is 13.9. The number of hydrogen-bond donors (Lipinski definition) is 0. The van der Waals surface area contributed by atoms with Crippen molar-refractivity contribution in [3.8, 4) is 0 Å². The van der Waals surface area contributed by atoms with Crippen molar-refractivity contribution in [1.29, 1.82) is 0 Å². The van der Waals surface area contributed by atoms with Crippen molar-refractivity contribution in [2.24, 2.45) is 11.8 Å². The van der Waals surface area contributed by atoms with Crippen LogP contribution in [0.25, 0.3) is 0 Å². The highest BCUT2D eigenvalue weighted by Crippen LogP contribution is 2.58. The maximum atomic E-state index is 14.0. The van der Waals surface area contributed by atoms with E-state index in [4.69, 9.17) is 23.4 Å². The Morgan fingerprint density at radius 3 is 2.02 bits per heavy atom. The van der Waals surface area contributed by atoms with Gasteiger partial charge in [0.05, 0.1) is 25.9 Å². The molecule has 2 aliphatic heterocycles. The number of rotatable bonds is 10. The minimum Gasteiger partial charge on any atom is -0.459 e. The number of carbonyl (C=O) groups is 2. The van der Waals surface area contributed by atoms with Gasteiger partial charge in [0.25, 0.3) is 0 Å². The molecule has 3 aliphatic rings. The zero-order chi connectivity index (χ0) is 31.0. The molecule has 2 heterocycles. The average Bonchev–Trinajstić information content (AvgIpc) is 3.26. The van der Waals surface area contributed by atoms with E-state index >= 15 is 0 Å². The molecule has 0 unspecified atom stereocenters. The number of esters is 1. The fourth-order valence-corrected chi connectivity index (χ4v) is 7.62. The third-order valence-electron chi connectivity index (χ3n) is 9.98. The summed E-state index contributed by atoms with van der Waals surface area (Å²) in [7, 11) is -2.12. The summed E-state index contributed by atoms with van der Waals surface area (Å²) in [6.45, 7) is 15.4. The predicted octanol–water partition coefficient (Wildman–Crippen LogP) is 6.41. The quantitative estimate of drug-likeness (QED) is 0.228. The first-order chi connectivity index (χ1) is 20.3. The Morgan fingerprint density at radius 1 is 0.930 bits per heavy atom. The summed E-state index contributed by atoms with van der Waals surface area (Å²) in [5.74, 6) is -1.39. The molecule has 1 aliphatic carbocycles. The van der Waals surface area contributed by atoms with E-state index in [1.807, 2.05) is 73.7 Å². The fourth-order valence-electron chi connectivity index (χ4n) is 6.58. The third-order valence-corrected chi connectivity index (χ3v) is 14.5. The van der Waals surface area contributed by atoms with Gasteiger partial charge in [-0.3, -0.25) is 9.59 Å². The first kappa shape index (κ1) is 31.8. The SMILES string of the molecule is CC(=O)O[C@H]1[C@H](OCc2ccccc2)[C@H](OCc2ccccc2)[C@@H]2C[C@@]3(CO[Si](C)(C)C(C)(C)C)C=CC(=O)[C@@]2(O3)[C@@H]1C. The van der Waals surface area contributed by atoms with Crippen LogP contribution in [0.5, 0.6) is 0 Å². The van der Waals surface area contributed by atoms with Crippen molar-refractivity contribution in [2.75, 3.05) is 6.61 Å². The van der Waals surface area contributed by atoms with Gasteiger partial charge < -0.3 is 23.4 Å². The van der Waals surface area contributed by atoms with E-state index in [2.05, 4.69) is 33.9 Å². The molecule has 1 saturated carbocycles. The van der Waals surface area contributed by atoms with E-state index in [-0.39, 0.29) is 16.7 Å². The van der Waals surface area contributed by atoms with Crippen LogP contribution in [-0.2, 0) is 46.2 Å². The van der Waals surface area contributed by atoms with Gasteiger partial charge in [-0.05, 0) is 47.8 Å². The second kappa shape index (κ2) is 12.0. The van der Waals surface area contributed by atoms with Crippen LogP contribution < -0.4 is 0 Å². The van der Waals surface area contributed by atoms with Gasteiger partial charge in [-0.15, -0.1) is 0 Å². The summed E-state index contributed by atoms with van der Waals surface area (Å²) in [4.78, 5) is 26.5. The molecule has 7 atom stereocenters. The van der Waals surface area contributed by atoms with Crippen molar-refractivity contribution in [3.63, 3.8) is 0 Å². The number of benzene rings is 2. The predicted molar refractivity (Wildman–Crippen MR) is 167 cm³/mol. The van der Waals surface area contributed by atoms with Crippen molar-refractivity contribution >= 4 is 20.1 Å². The Labute approximate surface area is 257 Å². The number of ether oxygens (including phenoxy) is 4. The maximum absolute atomic E-state index is 14.0. The summed E-state index contributed by atoms with van der Waals surface area (Å²) in [5, 5.41) is 0.0201. The van der Waals surface area contributed by atoms with Crippen LogP contribution in [0.4, 0.5) is 0 Å². The van der Waals surface area contributed by atoms with Crippen LogP contribution >= 0.6 is 0 Å². The molecule has 0 N–H and O–H groups in total. The normalized spacial score (nSPS) is 32.0. The third kappa shape index (κ3) is 6.18. The minimum absolute atomic E-state index is 0.0201. The molecule has 7 nitrogen and oxygen atoms in total. The highest BCUT2D eigenvalue weighted by Gasteiger charge is 2.71. The lowest BCUT2D eigenvalue weighted by Crippen LogP contribution is -2.68. The van der Waals surface area contributed by atoms with E-state index in [0.29, 0.717) is 26.2 Å². The Balaban J connectivity index is 1.53. The van der Waals surface area contributed by atoms with E-state index in [0.717, 1.165) is 11.1 Å². The van der Waals surface area contributed by atoms with E-state index in [1.54, 1.807) is 6.08 Å². The summed E-state index contributed by atoms with van der Waals surface area (Å²) in [6, 6.07) is 19.8. The van der Waals surface area contributed by atoms with Crippen LogP contribution in [0.15, 0.2) is 72.8 Å². The smallest absolute Gasteiger partial charge is 0.303 e. The summed E-state index contributed by atoms with van der Waals surface area (Å²) in [5.41, 5.74) is -0.0358. The van der Waals surface area contributed by atoms with Crippen molar-refractivity contribution in [2.45, 2.75) is 102 Å². The zero-order valence-electron chi connectivity index (χ0n) is 26.5. The first-order valence-corrected chi connectivity index (χ1v) is 18.2. The van der Waals surface area contributed by atoms with Gasteiger partial charge in [0.2, 0.25) is 0 Å². The lowest BCUT2D eigenvalue weighted by atomic mass is 9.63. The van der Waals surface area contributed by atoms with Crippen molar-refractivity contribution in [3.05, 3.63) is 83.9 Å². The Bertz CT molecular complexity index is 1320. The van der Waals surface area contributed by atoms with Gasteiger partial charge in [-0.1, -0.05) is 88.4 Å². The molecule has 0 aromatic heterocycles. The number of hydrogen-bond acceptors (Lipinski definition) is 7. The molecule has 1 spiro atoms. The number of ketones is 1. The highest BCUT2D eigenvalue weighted by molar-refractivity contribution is 6.74. The number of fused-ring (bicyclic) bond motifs is 1. The van der Waals surface area contributed by atoms with Gasteiger partial charge >= 0.3 is 5.97 Å². The van der Waals surface area contributed by atoms with Gasteiger partial charge in [0.1, 0.15) is 23.4 Å². The Hall–Kier alpha value is -2.62. The zero-order valence-corrected chi connectivity index (χ0v) is 27.5. The molecule has 2 aromatic carbocycles. The lowest BCUT2D eigenvalue weighted by molar-refractivity contribution is -0.248. The summed E-state index contributed by atoms with van der Waals surface area (Å²) in [6.07, 6.45) is 2.11. The molecule has 1 saturated heterocycles. The first-order valence-electron chi connectivity index (χ1n) is 15.3. The average molecular weight is 607 g/mol. The van der Waals surface area contributed by atoms with Crippen LogP contribution in [0, 0.1) is 11.8 Å². The molecule has 43 heavy (non-hydrogen) atoms. The van der Waals surface area contributed by atoms with Crippen LogP contribution in [0.2, 0.25) is 18.1 Å². The largest absolute Gasteiger partial charge is 0.459 e. The molecular weight excluding hydrogens is 560 g/mol. The van der Waals surface area contributed by atoms with E-state index in [9.17, 15) is 9.59 Å². The molecule has 0 radical (unpaired) electrons. The molecular formula is C35H46O7Si. The highest BCUT2D eigenvalue weighted by atomic mass is 28.4. The standard InChI is InChI=1S/C35H46O7Si/c1-24-30(41-25(2)36)32(39-22-27-16-12-9-13-17-27)31(38-21-26-14-10-8-11-15-26)28-20-34(19-18-29(37)35(24,28)42-34)23-40-43(6,7)33(3,4)5/h8-19,24,28,30-32H,20-23H2,1-7H3/t24-,28+,30-,31-,32+,34-,35-/m1/s1. The molecule has 0 amide bonds. The van der Waals surface area contributed by atoms with Gasteiger partial charge in [0.15, 0.2) is 14.1 Å². The molecule has 5 rings (SSSR count). The van der Waals surface area contributed by atoms with Crippen LogP contribution in [0.3, 0.4) is 0 Å². The fraction of sp³-hybridized carbons (Fsp3) is 0.543. The molecule has 232 valence electrons. The van der Waals surface area contributed by atoms with Gasteiger partial charge in [0, 0.05) is 18.8 Å². The maximum Gasteiger partial charge on any atom is 0.303 e.